The van der Waals surface area contributed by atoms with Crippen molar-refractivity contribution in [3.63, 3.8) is 0 Å². The predicted molar refractivity (Wildman–Crippen MR) is 65.3 cm³/mol. The first-order valence-corrected chi connectivity index (χ1v) is 6.00. The van der Waals surface area contributed by atoms with Gasteiger partial charge in [-0.15, -0.1) is 0 Å². The first kappa shape index (κ1) is 14.4. The van der Waals surface area contributed by atoms with E-state index in [0.717, 1.165) is 0 Å². The monoisotopic (exact) mass is 270 g/mol. The first-order chi connectivity index (χ1) is 8.92. The molecule has 0 heterocycles. The van der Waals surface area contributed by atoms with Gasteiger partial charge < -0.3 is 30.6 Å². The van der Waals surface area contributed by atoms with Gasteiger partial charge >= 0.3 is 0 Å². The molecule has 1 aromatic carbocycles. The van der Waals surface area contributed by atoms with Crippen molar-refractivity contribution in [1.82, 2.24) is 0 Å². The highest BCUT2D eigenvalue weighted by Crippen LogP contribution is 2.54. The molecule has 0 bridgehead atoms. The zero-order chi connectivity index (χ0) is 14.3. The van der Waals surface area contributed by atoms with Gasteiger partial charge in [-0.25, -0.2) is 0 Å². The third kappa shape index (κ3) is 1.80. The minimum Gasteiger partial charge on any atom is -0.394 e. The Bertz CT molecular complexity index is 438. The van der Waals surface area contributed by atoms with E-state index in [9.17, 15) is 25.5 Å². The standard InChI is InChI=1S/C13H18O6/c14-6-9(16)13(19)10(8-4-2-1-3-5-8)12(18,7-15)11(13)17/h1-5,9-11,14-19H,6-7H2/t9-,10?,11-,12-,13+/m1/s1. The zero-order valence-electron chi connectivity index (χ0n) is 10.2. The van der Waals surface area contributed by atoms with Crippen LogP contribution in [0.15, 0.2) is 30.3 Å². The van der Waals surface area contributed by atoms with Crippen LogP contribution in [0.3, 0.4) is 0 Å². The van der Waals surface area contributed by atoms with Gasteiger partial charge in [-0.05, 0) is 5.56 Å². The van der Waals surface area contributed by atoms with Crippen molar-refractivity contribution in [3.05, 3.63) is 35.9 Å². The normalized spacial score (nSPS) is 39.7. The van der Waals surface area contributed by atoms with Gasteiger partial charge in [0.1, 0.15) is 23.4 Å². The summed E-state index contributed by atoms with van der Waals surface area (Å²) in [5.74, 6) is -1.09. The summed E-state index contributed by atoms with van der Waals surface area (Å²) in [5, 5.41) is 58.5. The number of rotatable bonds is 4. The molecule has 1 aliphatic rings. The maximum absolute atomic E-state index is 10.4. The molecule has 106 valence electrons. The maximum atomic E-state index is 10.4. The Balaban J connectivity index is 2.46. The first-order valence-electron chi connectivity index (χ1n) is 6.00. The average Bonchev–Trinajstić information content (AvgIpc) is 2.46. The highest BCUT2D eigenvalue weighted by atomic mass is 16.4. The van der Waals surface area contributed by atoms with Crippen LogP contribution in [0.5, 0.6) is 0 Å². The fraction of sp³-hybridized carbons (Fsp3) is 0.538. The molecular formula is C13H18O6. The van der Waals surface area contributed by atoms with Crippen molar-refractivity contribution in [3.8, 4) is 0 Å². The molecule has 1 saturated carbocycles. The highest BCUT2D eigenvalue weighted by Gasteiger charge is 2.73. The molecule has 1 aliphatic carbocycles. The Kier molecular flexibility index (Phi) is 3.65. The van der Waals surface area contributed by atoms with E-state index in [2.05, 4.69) is 0 Å². The minimum absolute atomic E-state index is 0.458. The molecule has 6 heteroatoms. The maximum Gasteiger partial charge on any atom is 0.131 e. The molecule has 0 saturated heterocycles. The summed E-state index contributed by atoms with van der Waals surface area (Å²) in [6.07, 6.45) is -3.38. The second-order valence-corrected chi connectivity index (χ2v) is 4.98. The number of hydrogen-bond donors (Lipinski definition) is 6. The zero-order valence-corrected chi connectivity index (χ0v) is 10.2. The van der Waals surface area contributed by atoms with Crippen LogP contribution in [0.4, 0.5) is 0 Å². The van der Waals surface area contributed by atoms with Crippen LogP contribution >= 0.6 is 0 Å². The Morgan fingerprint density at radius 2 is 1.68 bits per heavy atom. The van der Waals surface area contributed by atoms with Crippen molar-refractivity contribution in [2.75, 3.05) is 13.2 Å². The van der Waals surface area contributed by atoms with E-state index in [1.165, 1.54) is 0 Å². The molecule has 0 aromatic heterocycles. The van der Waals surface area contributed by atoms with Crippen molar-refractivity contribution >= 4 is 0 Å². The summed E-state index contributed by atoms with van der Waals surface area (Å²) < 4.78 is 0. The molecule has 1 unspecified atom stereocenters. The summed E-state index contributed by atoms with van der Waals surface area (Å²) >= 11 is 0. The summed E-state index contributed by atoms with van der Waals surface area (Å²) in [6, 6.07) is 8.28. The lowest BCUT2D eigenvalue weighted by Gasteiger charge is -2.61. The second kappa shape index (κ2) is 4.82. The fourth-order valence-electron chi connectivity index (χ4n) is 2.92. The van der Waals surface area contributed by atoms with Gasteiger partial charge in [0.15, 0.2) is 0 Å². The minimum atomic E-state index is -2.10. The van der Waals surface area contributed by atoms with Gasteiger partial charge in [-0.2, -0.15) is 0 Å². The lowest BCUT2D eigenvalue weighted by atomic mass is 9.51. The summed E-state index contributed by atoms with van der Waals surface area (Å²) in [7, 11) is 0. The van der Waals surface area contributed by atoms with Crippen LogP contribution in [-0.4, -0.2) is 67.3 Å². The molecule has 1 aromatic rings. The number of hydrogen-bond acceptors (Lipinski definition) is 6. The lowest BCUT2D eigenvalue weighted by molar-refractivity contribution is -0.327. The van der Waals surface area contributed by atoms with Gasteiger partial charge in [0, 0.05) is 0 Å². The smallest absolute Gasteiger partial charge is 0.131 e. The molecule has 0 amide bonds. The van der Waals surface area contributed by atoms with Crippen LogP contribution in [0, 0.1) is 0 Å². The summed E-state index contributed by atoms with van der Waals surface area (Å²) in [4.78, 5) is 0. The van der Waals surface area contributed by atoms with E-state index < -0.39 is 42.5 Å². The van der Waals surface area contributed by atoms with Crippen LogP contribution in [0.2, 0.25) is 0 Å². The van der Waals surface area contributed by atoms with Crippen molar-refractivity contribution in [2.45, 2.75) is 29.3 Å². The number of benzene rings is 1. The molecule has 0 spiro atoms. The molecule has 0 radical (unpaired) electrons. The third-order valence-corrected chi connectivity index (χ3v) is 3.97. The van der Waals surface area contributed by atoms with E-state index in [-0.39, 0.29) is 0 Å². The number of aliphatic hydroxyl groups is 6. The quantitative estimate of drug-likeness (QED) is 0.375. The van der Waals surface area contributed by atoms with E-state index in [1.54, 1.807) is 30.3 Å². The molecule has 19 heavy (non-hydrogen) atoms. The molecule has 2 rings (SSSR count). The fourth-order valence-corrected chi connectivity index (χ4v) is 2.92. The van der Waals surface area contributed by atoms with Crippen LogP contribution in [-0.2, 0) is 0 Å². The lowest BCUT2D eigenvalue weighted by Crippen LogP contribution is -2.81. The highest BCUT2D eigenvalue weighted by molar-refractivity contribution is 5.38. The van der Waals surface area contributed by atoms with Crippen LogP contribution < -0.4 is 0 Å². The summed E-state index contributed by atoms with van der Waals surface area (Å²) in [5.41, 5.74) is -3.60. The molecular weight excluding hydrogens is 252 g/mol. The van der Waals surface area contributed by atoms with E-state index in [0.29, 0.717) is 5.56 Å². The number of aliphatic hydroxyl groups excluding tert-OH is 4. The van der Waals surface area contributed by atoms with Crippen LogP contribution in [0.25, 0.3) is 0 Å². The Hall–Kier alpha value is -1.02. The van der Waals surface area contributed by atoms with Gasteiger partial charge in [0.25, 0.3) is 0 Å². The second-order valence-electron chi connectivity index (χ2n) is 4.98. The molecule has 0 aliphatic heterocycles. The topological polar surface area (TPSA) is 121 Å². The average molecular weight is 270 g/mol. The SMILES string of the molecule is OC[C@@H](O)[C@]1(O)C(c2ccccc2)[C@](O)(CO)[C@H]1O. The van der Waals surface area contributed by atoms with E-state index in [4.69, 9.17) is 5.11 Å². The van der Waals surface area contributed by atoms with Gasteiger partial charge in [0.05, 0.1) is 19.1 Å². The van der Waals surface area contributed by atoms with Crippen molar-refractivity contribution in [2.24, 2.45) is 0 Å². The Labute approximate surface area is 110 Å². The Morgan fingerprint density at radius 3 is 2.16 bits per heavy atom. The van der Waals surface area contributed by atoms with Crippen molar-refractivity contribution in [1.29, 1.82) is 0 Å². The van der Waals surface area contributed by atoms with E-state index >= 15 is 0 Å². The Morgan fingerprint density at radius 1 is 1.11 bits per heavy atom. The largest absolute Gasteiger partial charge is 0.394 e. The van der Waals surface area contributed by atoms with Gasteiger partial charge in [-0.3, -0.25) is 0 Å². The molecule has 6 N–H and O–H groups in total. The molecule has 5 atom stereocenters. The van der Waals surface area contributed by atoms with Crippen LogP contribution in [0.1, 0.15) is 11.5 Å². The van der Waals surface area contributed by atoms with E-state index in [1.807, 2.05) is 0 Å². The van der Waals surface area contributed by atoms with Crippen molar-refractivity contribution < 1.29 is 30.6 Å². The molecule has 1 fully saturated rings. The third-order valence-electron chi connectivity index (χ3n) is 3.97. The van der Waals surface area contributed by atoms with Gasteiger partial charge in [0.2, 0.25) is 0 Å². The van der Waals surface area contributed by atoms with Gasteiger partial charge in [-0.1, -0.05) is 30.3 Å². The summed E-state index contributed by atoms with van der Waals surface area (Å²) in [6.45, 7) is -1.54. The predicted octanol–water partition coefficient (Wildman–Crippen LogP) is -2.05. The molecule has 6 nitrogen and oxygen atoms in total.